The van der Waals surface area contributed by atoms with Gasteiger partial charge < -0.3 is 10.0 Å². The van der Waals surface area contributed by atoms with Gasteiger partial charge in [-0.1, -0.05) is 48.5 Å². The Hall–Kier alpha value is -1.68. The predicted molar refractivity (Wildman–Crippen MR) is 94.2 cm³/mol. The van der Waals surface area contributed by atoms with Crippen molar-refractivity contribution in [1.82, 2.24) is 4.90 Å². The normalized spacial score (nSPS) is 12.9. The van der Waals surface area contributed by atoms with E-state index in [2.05, 4.69) is 53.7 Å². The summed E-state index contributed by atoms with van der Waals surface area (Å²) in [4.78, 5) is 2.26. The third kappa shape index (κ3) is 3.55. The zero-order valence-corrected chi connectivity index (χ0v) is 13.6. The maximum Gasteiger partial charge on any atom is 0.0816 e. The second-order valence-electron chi connectivity index (χ2n) is 5.72. The van der Waals surface area contributed by atoms with E-state index in [0.717, 1.165) is 25.1 Å². The van der Waals surface area contributed by atoms with Gasteiger partial charge >= 0.3 is 0 Å². The molecule has 1 N–H and O–H groups in total. The Morgan fingerprint density at radius 3 is 2.59 bits per heavy atom. The van der Waals surface area contributed by atoms with Crippen LogP contribution in [0.1, 0.15) is 23.7 Å². The molecule has 1 unspecified atom stereocenters. The number of hydrogen-bond donors (Lipinski definition) is 1. The van der Waals surface area contributed by atoms with Crippen LogP contribution in [0.2, 0.25) is 0 Å². The molecule has 1 atom stereocenters. The average molecular weight is 311 g/mol. The van der Waals surface area contributed by atoms with Crippen molar-refractivity contribution in [2.24, 2.45) is 0 Å². The number of benzene rings is 2. The van der Waals surface area contributed by atoms with Crippen LogP contribution in [0.3, 0.4) is 0 Å². The molecular formula is C19H21NOS. The summed E-state index contributed by atoms with van der Waals surface area (Å²) in [7, 11) is 2.10. The molecule has 0 fully saturated rings. The number of aliphatic hydroxyl groups excluding tert-OH is 1. The topological polar surface area (TPSA) is 23.5 Å². The summed E-state index contributed by atoms with van der Waals surface area (Å²) in [6.07, 6.45) is 0.360. The molecule has 1 aromatic heterocycles. The molecule has 3 heteroatoms. The number of rotatable bonds is 6. The van der Waals surface area contributed by atoms with Crippen molar-refractivity contribution >= 4 is 21.4 Å². The molecule has 0 spiro atoms. The van der Waals surface area contributed by atoms with E-state index in [9.17, 15) is 5.11 Å². The average Bonchev–Trinajstić information content (AvgIpc) is 2.98. The Bertz CT molecular complexity index is 722. The molecule has 0 bridgehead atoms. The van der Waals surface area contributed by atoms with Gasteiger partial charge in [0.05, 0.1) is 6.10 Å². The number of thiophene rings is 1. The number of nitrogens with zero attached hydrogens (tertiary/aromatic N) is 1. The number of fused-ring (bicyclic) bond motifs is 1. The van der Waals surface area contributed by atoms with Crippen molar-refractivity contribution in [3.63, 3.8) is 0 Å². The van der Waals surface area contributed by atoms with Crippen LogP contribution in [0.15, 0.2) is 60.0 Å². The van der Waals surface area contributed by atoms with E-state index in [4.69, 9.17) is 0 Å². The van der Waals surface area contributed by atoms with Gasteiger partial charge in [0.15, 0.2) is 0 Å². The standard InChI is InChI=1S/C19H21NOS/c1-20(13-15-7-3-2-4-8-15)12-11-18(21)17-14-22-19-10-6-5-9-16(17)19/h2-10,14,18,21H,11-13H2,1H3. The van der Waals surface area contributed by atoms with Crippen molar-refractivity contribution in [1.29, 1.82) is 0 Å². The van der Waals surface area contributed by atoms with Crippen LogP contribution in [0.25, 0.3) is 10.1 Å². The highest BCUT2D eigenvalue weighted by Crippen LogP contribution is 2.31. The van der Waals surface area contributed by atoms with Crippen molar-refractivity contribution in [3.8, 4) is 0 Å². The van der Waals surface area contributed by atoms with Crippen LogP contribution in [-0.4, -0.2) is 23.6 Å². The second kappa shape index (κ2) is 7.05. The Balaban J connectivity index is 1.59. The molecule has 2 nitrogen and oxygen atoms in total. The highest BCUT2D eigenvalue weighted by atomic mass is 32.1. The Morgan fingerprint density at radius 1 is 1.05 bits per heavy atom. The van der Waals surface area contributed by atoms with Gasteiger partial charge in [0.2, 0.25) is 0 Å². The van der Waals surface area contributed by atoms with Crippen LogP contribution in [0, 0.1) is 0 Å². The number of hydrogen-bond acceptors (Lipinski definition) is 3. The third-order valence-corrected chi connectivity index (χ3v) is 4.93. The highest BCUT2D eigenvalue weighted by molar-refractivity contribution is 7.17. The summed E-state index contributed by atoms with van der Waals surface area (Å²) in [6, 6.07) is 18.7. The van der Waals surface area contributed by atoms with Gasteiger partial charge in [0.1, 0.15) is 0 Å². The van der Waals surface area contributed by atoms with Gasteiger partial charge in [-0.3, -0.25) is 0 Å². The summed E-state index contributed by atoms with van der Waals surface area (Å²) in [6.45, 7) is 1.79. The fraction of sp³-hybridized carbons (Fsp3) is 0.263. The summed E-state index contributed by atoms with van der Waals surface area (Å²) >= 11 is 1.71. The summed E-state index contributed by atoms with van der Waals surface area (Å²) in [5.74, 6) is 0. The van der Waals surface area contributed by atoms with Crippen LogP contribution >= 0.6 is 11.3 Å². The first-order chi connectivity index (χ1) is 10.7. The molecule has 0 radical (unpaired) electrons. The molecular weight excluding hydrogens is 290 g/mol. The van der Waals surface area contributed by atoms with Gasteiger partial charge in [-0.05, 0) is 41.4 Å². The largest absolute Gasteiger partial charge is 0.388 e. The van der Waals surface area contributed by atoms with E-state index in [1.54, 1.807) is 11.3 Å². The molecule has 3 rings (SSSR count). The zero-order chi connectivity index (χ0) is 15.4. The molecule has 22 heavy (non-hydrogen) atoms. The Labute approximate surface area is 135 Å². The fourth-order valence-electron chi connectivity index (χ4n) is 2.73. The fourth-order valence-corrected chi connectivity index (χ4v) is 3.74. The predicted octanol–water partition coefficient (Wildman–Crippen LogP) is 4.46. The van der Waals surface area contributed by atoms with E-state index in [1.165, 1.54) is 15.6 Å². The maximum atomic E-state index is 10.5. The van der Waals surface area contributed by atoms with Gasteiger partial charge in [0.25, 0.3) is 0 Å². The van der Waals surface area contributed by atoms with E-state index in [1.807, 2.05) is 18.2 Å². The summed E-state index contributed by atoms with van der Waals surface area (Å²) in [5.41, 5.74) is 2.37. The van der Waals surface area contributed by atoms with Crippen molar-refractivity contribution < 1.29 is 5.11 Å². The van der Waals surface area contributed by atoms with E-state index in [-0.39, 0.29) is 0 Å². The van der Waals surface area contributed by atoms with Crippen LogP contribution < -0.4 is 0 Å². The molecule has 0 saturated carbocycles. The molecule has 0 aliphatic rings. The monoisotopic (exact) mass is 311 g/mol. The quantitative estimate of drug-likeness (QED) is 0.726. The highest BCUT2D eigenvalue weighted by Gasteiger charge is 2.13. The number of aliphatic hydroxyl groups is 1. The van der Waals surface area contributed by atoms with Gasteiger partial charge in [-0.2, -0.15) is 0 Å². The lowest BCUT2D eigenvalue weighted by atomic mass is 10.1. The molecule has 0 aliphatic carbocycles. The first kappa shape index (κ1) is 15.2. The van der Waals surface area contributed by atoms with E-state index < -0.39 is 6.10 Å². The van der Waals surface area contributed by atoms with Gasteiger partial charge in [-0.15, -0.1) is 11.3 Å². The van der Waals surface area contributed by atoms with E-state index in [0.29, 0.717) is 0 Å². The summed E-state index contributed by atoms with van der Waals surface area (Å²) in [5, 5.41) is 13.8. The zero-order valence-electron chi connectivity index (χ0n) is 12.8. The van der Waals surface area contributed by atoms with Crippen LogP contribution in [-0.2, 0) is 6.54 Å². The Kier molecular flexibility index (Phi) is 4.88. The van der Waals surface area contributed by atoms with E-state index >= 15 is 0 Å². The molecule has 114 valence electrons. The van der Waals surface area contributed by atoms with Crippen molar-refractivity contribution in [2.75, 3.05) is 13.6 Å². The molecule has 1 heterocycles. The van der Waals surface area contributed by atoms with Crippen LogP contribution in [0.4, 0.5) is 0 Å². The minimum Gasteiger partial charge on any atom is -0.388 e. The minimum absolute atomic E-state index is 0.394. The molecule has 0 amide bonds. The lowest BCUT2D eigenvalue weighted by Gasteiger charge is -2.19. The first-order valence-electron chi connectivity index (χ1n) is 7.60. The maximum absolute atomic E-state index is 10.5. The smallest absolute Gasteiger partial charge is 0.0816 e. The summed E-state index contributed by atoms with van der Waals surface area (Å²) < 4.78 is 1.24. The first-order valence-corrected chi connectivity index (χ1v) is 8.48. The van der Waals surface area contributed by atoms with Crippen molar-refractivity contribution in [2.45, 2.75) is 19.1 Å². The molecule has 3 aromatic rings. The third-order valence-electron chi connectivity index (χ3n) is 3.95. The molecule has 2 aromatic carbocycles. The SMILES string of the molecule is CN(CCC(O)c1csc2ccccc12)Cc1ccccc1. The Morgan fingerprint density at radius 2 is 1.77 bits per heavy atom. The molecule has 0 saturated heterocycles. The lowest BCUT2D eigenvalue weighted by molar-refractivity contribution is 0.149. The minimum atomic E-state index is -0.394. The van der Waals surface area contributed by atoms with Gasteiger partial charge in [0, 0.05) is 17.8 Å². The second-order valence-corrected chi connectivity index (χ2v) is 6.63. The van der Waals surface area contributed by atoms with Crippen LogP contribution in [0.5, 0.6) is 0 Å². The van der Waals surface area contributed by atoms with Gasteiger partial charge in [-0.25, -0.2) is 0 Å². The van der Waals surface area contributed by atoms with Crippen molar-refractivity contribution in [3.05, 3.63) is 71.1 Å². The lowest BCUT2D eigenvalue weighted by Crippen LogP contribution is -2.20. The molecule has 0 aliphatic heterocycles.